The summed E-state index contributed by atoms with van der Waals surface area (Å²) in [4.78, 5) is 0. The normalized spacial score (nSPS) is 10.6. The lowest BCUT2D eigenvalue weighted by molar-refractivity contribution is 0.482. The van der Waals surface area contributed by atoms with Gasteiger partial charge >= 0.3 is 0 Å². The van der Waals surface area contributed by atoms with E-state index >= 15 is 0 Å². The molecule has 0 amide bonds. The van der Waals surface area contributed by atoms with Crippen LogP contribution in [0.2, 0.25) is 0 Å². The van der Waals surface area contributed by atoms with Gasteiger partial charge in [-0.3, -0.25) is 0 Å². The number of benzene rings is 4. The molecular formula is C31H34O. The van der Waals surface area contributed by atoms with Crippen LogP contribution in [0.1, 0.15) is 44.7 Å². The minimum atomic E-state index is 0.561. The predicted molar refractivity (Wildman–Crippen MR) is 137 cm³/mol. The van der Waals surface area contributed by atoms with E-state index in [0.717, 1.165) is 23.8 Å². The van der Waals surface area contributed by atoms with E-state index in [-0.39, 0.29) is 0 Å². The standard InChI is InChI=1S/C16H18.C15H16O/c1-13(2)12-14-8-10-16(11-9-14)15-6-4-3-5-7-15;1-12(2)13-8-10-15(11-9-13)16-14-6-4-3-5-7-14/h3-11,13H,12H2,1-2H3;3-12H,1-2H3. The molecule has 4 aromatic rings. The van der Waals surface area contributed by atoms with Crippen molar-refractivity contribution >= 4 is 0 Å². The van der Waals surface area contributed by atoms with Crippen molar-refractivity contribution in [2.75, 3.05) is 0 Å². The second-order valence-electron chi connectivity index (χ2n) is 8.80. The molecule has 0 atom stereocenters. The summed E-state index contributed by atoms with van der Waals surface area (Å²) in [5.41, 5.74) is 5.35. The van der Waals surface area contributed by atoms with Crippen molar-refractivity contribution in [3.8, 4) is 22.6 Å². The van der Waals surface area contributed by atoms with Crippen LogP contribution in [-0.4, -0.2) is 0 Å². The Kier molecular flexibility index (Phi) is 8.69. The molecule has 4 aromatic carbocycles. The first-order valence-electron chi connectivity index (χ1n) is 11.5. The Morgan fingerprint density at radius 2 is 1.03 bits per heavy atom. The van der Waals surface area contributed by atoms with Gasteiger partial charge in [0.1, 0.15) is 11.5 Å². The van der Waals surface area contributed by atoms with Crippen LogP contribution in [0.25, 0.3) is 11.1 Å². The van der Waals surface area contributed by atoms with Gasteiger partial charge in [-0.15, -0.1) is 0 Å². The van der Waals surface area contributed by atoms with Crippen molar-refractivity contribution in [1.82, 2.24) is 0 Å². The second kappa shape index (κ2) is 11.9. The molecule has 0 aliphatic heterocycles. The fourth-order valence-corrected chi connectivity index (χ4v) is 3.48. The van der Waals surface area contributed by atoms with Crippen LogP contribution in [0.15, 0.2) is 109 Å². The lowest BCUT2D eigenvalue weighted by Gasteiger charge is -2.08. The van der Waals surface area contributed by atoms with Gasteiger partial charge in [-0.2, -0.15) is 0 Å². The van der Waals surface area contributed by atoms with Gasteiger partial charge in [0.2, 0.25) is 0 Å². The minimum Gasteiger partial charge on any atom is -0.457 e. The molecule has 0 unspecified atom stereocenters. The van der Waals surface area contributed by atoms with Crippen molar-refractivity contribution in [3.63, 3.8) is 0 Å². The van der Waals surface area contributed by atoms with Crippen molar-refractivity contribution in [1.29, 1.82) is 0 Å². The maximum absolute atomic E-state index is 5.71. The summed E-state index contributed by atoms with van der Waals surface area (Å²) in [6.45, 7) is 8.89. The predicted octanol–water partition coefficient (Wildman–Crippen LogP) is 9.15. The first kappa shape index (κ1) is 23.3. The van der Waals surface area contributed by atoms with Crippen LogP contribution in [0.4, 0.5) is 0 Å². The Hall–Kier alpha value is -3.32. The molecule has 0 bridgehead atoms. The maximum atomic E-state index is 5.71. The highest BCUT2D eigenvalue weighted by Crippen LogP contribution is 2.23. The third kappa shape index (κ3) is 7.42. The summed E-state index contributed by atoms with van der Waals surface area (Å²) in [6.07, 6.45) is 1.16. The summed E-state index contributed by atoms with van der Waals surface area (Å²) in [5, 5.41) is 0. The van der Waals surface area contributed by atoms with E-state index in [1.807, 2.05) is 42.5 Å². The third-order valence-electron chi connectivity index (χ3n) is 5.23. The molecular weight excluding hydrogens is 388 g/mol. The molecule has 0 radical (unpaired) electrons. The number of hydrogen-bond donors (Lipinski definition) is 0. The zero-order valence-corrected chi connectivity index (χ0v) is 19.7. The molecule has 0 fully saturated rings. The Morgan fingerprint density at radius 3 is 1.56 bits per heavy atom. The lowest BCUT2D eigenvalue weighted by Crippen LogP contribution is -1.93. The number of ether oxygens (including phenoxy) is 1. The van der Waals surface area contributed by atoms with Gasteiger partial charge in [0.15, 0.2) is 0 Å². The van der Waals surface area contributed by atoms with Gasteiger partial charge in [-0.1, -0.05) is 113 Å². The number of hydrogen-bond acceptors (Lipinski definition) is 1. The molecule has 0 heterocycles. The van der Waals surface area contributed by atoms with Crippen molar-refractivity contribution < 1.29 is 4.74 Å². The van der Waals surface area contributed by atoms with Gasteiger partial charge < -0.3 is 4.74 Å². The Morgan fingerprint density at radius 1 is 0.531 bits per heavy atom. The van der Waals surface area contributed by atoms with Gasteiger partial charge in [-0.25, -0.2) is 0 Å². The quantitative estimate of drug-likeness (QED) is 0.301. The minimum absolute atomic E-state index is 0.561. The molecule has 32 heavy (non-hydrogen) atoms. The van der Waals surface area contributed by atoms with Crippen LogP contribution in [-0.2, 0) is 6.42 Å². The zero-order chi connectivity index (χ0) is 22.8. The van der Waals surface area contributed by atoms with Gasteiger partial charge in [0.25, 0.3) is 0 Å². The summed E-state index contributed by atoms with van der Waals surface area (Å²) in [7, 11) is 0. The Balaban J connectivity index is 0.000000181. The van der Waals surface area contributed by atoms with E-state index in [4.69, 9.17) is 4.74 Å². The smallest absolute Gasteiger partial charge is 0.127 e. The van der Waals surface area contributed by atoms with Gasteiger partial charge in [0, 0.05) is 0 Å². The van der Waals surface area contributed by atoms with E-state index in [2.05, 4.69) is 94.4 Å². The Labute approximate surface area is 193 Å². The van der Waals surface area contributed by atoms with E-state index in [1.54, 1.807) is 0 Å². The van der Waals surface area contributed by atoms with E-state index in [1.165, 1.54) is 22.3 Å². The monoisotopic (exact) mass is 422 g/mol. The van der Waals surface area contributed by atoms with Crippen LogP contribution >= 0.6 is 0 Å². The van der Waals surface area contributed by atoms with Crippen molar-refractivity contribution in [2.45, 2.75) is 40.0 Å². The van der Waals surface area contributed by atoms with Crippen LogP contribution in [0, 0.1) is 5.92 Å². The van der Waals surface area contributed by atoms with Crippen LogP contribution in [0.5, 0.6) is 11.5 Å². The fraction of sp³-hybridized carbons (Fsp3) is 0.226. The summed E-state index contributed by atoms with van der Waals surface area (Å²) in [6, 6.07) is 37.5. The third-order valence-corrected chi connectivity index (χ3v) is 5.23. The number of para-hydroxylation sites is 1. The first-order valence-corrected chi connectivity index (χ1v) is 11.5. The van der Waals surface area contributed by atoms with Gasteiger partial charge in [-0.05, 0) is 64.8 Å². The molecule has 164 valence electrons. The highest BCUT2D eigenvalue weighted by atomic mass is 16.5. The molecule has 0 aliphatic carbocycles. The molecule has 1 nitrogen and oxygen atoms in total. The van der Waals surface area contributed by atoms with Crippen molar-refractivity contribution in [2.24, 2.45) is 5.92 Å². The molecule has 0 saturated carbocycles. The molecule has 0 aliphatic rings. The summed E-state index contributed by atoms with van der Waals surface area (Å²) < 4.78 is 5.71. The largest absolute Gasteiger partial charge is 0.457 e. The average molecular weight is 423 g/mol. The molecule has 4 rings (SSSR count). The maximum Gasteiger partial charge on any atom is 0.127 e. The van der Waals surface area contributed by atoms with Crippen molar-refractivity contribution in [3.05, 3.63) is 120 Å². The Bertz CT molecular complexity index is 1030. The molecule has 0 aromatic heterocycles. The van der Waals surface area contributed by atoms with E-state index < -0.39 is 0 Å². The SMILES string of the molecule is CC(C)Cc1ccc(-c2ccccc2)cc1.CC(C)c1ccc(Oc2ccccc2)cc1. The fourth-order valence-electron chi connectivity index (χ4n) is 3.48. The molecule has 1 heteroatoms. The molecule has 0 saturated heterocycles. The topological polar surface area (TPSA) is 9.23 Å². The summed E-state index contributed by atoms with van der Waals surface area (Å²) >= 11 is 0. The second-order valence-corrected chi connectivity index (χ2v) is 8.80. The van der Waals surface area contributed by atoms with Gasteiger partial charge in [0.05, 0.1) is 0 Å². The number of rotatable bonds is 6. The molecule has 0 spiro atoms. The zero-order valence-electron chi connectivity index (χ0n) is 19.7. The molecule has 0 N–H and O–H groups in total. The lowest BCUT2D eigenvalue weighted by atomic mass is 9.99. The average Bonchev–Trinajstić information content (AvgIpc) is 2.81. The van der Waals surface area contributed by atoms with Crippen LogP contribution < -0.4 is 4.74 Å². The van der Waals surface area contributed by atoms with E-state index in [9.17, 15) is 0 Å². The summed E-state index contributed by atoms with van der Waals surface area (Å²) in [5.74, 6) is 3.05. The van der Waals surface area contributed by atoms with Crippen LogP contribution in [0.3, 0.4) is 0 Å². The highest BCUT2D eigenvalue weighted by Gasteiger charge is 2.01. The first-order chi connectivity index (χ1) is 15.5. The van der Waals surface area contributed by atoms with E-state index in [0.29, 0.717) is 5.92 Å². The highest BCUT2D eigenvalue weighted by molar-refractivity contribution is 5.63.